The van der Waals surface area contributed by atoms with E-state index >= 15 is 0 Å². The summed E-state index contributed by atoms with van der Waals surface area (Å²) in [6.07, 6.45) is -3.76. The Hall–Kier alpha value is -3.89. The molecule has 4 rings (SSSR count). The molecule has 0 unspecified atom stereocenters. The van der Waals surface area contributed by atoms with Crippen LogP contribution < -0.4 is 10.4 Å². The minimum atomic E-state index is -4.48. The Labute approximate surface area is 193 Å². The molecule has 0 aliphatic rings. The third-order valence-electron chi connectivity index (χ3n) is 5.59. The van der Waals surface area contributed by atoms with Gasteiger partial charge in [0.25, 0.3) is 0 Å². The van der Waals surface area contributed by atoms with E-state index in [1.165, 1.54) is 18.8 Å². The first-order chi connectivity index (χ1) is 16.1. The van der Waals surface area contributed by atoms with Gasteiger partial charge in [0.1, 0.15) is 18.1 Å². The predicted octanol–water partition coefficient (Wildman–Crippen LogP) is 3.84. The Morgan fingerprint density at radius 2 is 1.79 bits per heavy atom. The summed E-state index contributed by atoms with van der Waals surface area (Å²) in [7, 11) is 2.79. The number of hydrogen-bond acceptors (Lipinski definition) is 5. The minimum absolute atomic E-state index is 0.171. The molecule has 11 heteroatoms. The van der Waals surface area contributed by atoms with E-state index in [-0.39, 0.29) is 18.0 Å². The number of ether oxygens (including phenoxy) is 1. The molecular formula is C23H23F3N6O2. The largest absolute Gasteiger partial charge is 0.489 e. The molecule has 0 aliphatic carbocycles. The summed E-state index contributed by atoms with van der Waals surface area (Å²) in [4.78, 5) is 12.4. The number of tetrazole rings is 1. The molecule has 4 aromatic rings. The van der Waals surface area contributed by atoms with Gasteiger partial charge < -0.3 is 4.74 Å². The van der Waals surface area contributed by atoms with Crippen LogP contribution in [0.4, 0.5) is 13.2 Å². The van der Waals surface area contributed by atoms with Crippen molar-refractivity contribution in [1.82, 2.24) is 29.6 Å². The summed E-state index contributed by atoms with van der Waals surface area (Å²) < 4.78 is 48.6. The fraction of sp³-hybridized carbons (Fsp3) is 0.304. The molecule has 2 aromatic heterocycles. The van der Waals surface area contributed by atoms with E-state index in [9.17, 15) is 18.0 Å². The Morgan fingerprint density at radius 1 is 1.03 bits per heavy atom. The summed E-state index contributed by atoms with van der Waals surface area (Å²) >= 11 is 0. The summed E-state index contributed by atoms with van der Waals surface area (Å²) in [5.41, 5.74) is 2.71. The lowest BCUT2D eigenvalue weighted by molar-refractivity contribution is -0.143. The fourth-order valence-electron chi connectivity index (χ4n) is 3.78. The lowest BCUT2D eigenvalue weighted by atomic mass is 10.0. The Kier molecular flexibility index (Phi) is 6.03. The molecular weight excluding hydrogens is 449 g/mol. The van der Waals surface area contributed by atoms with Crippen molar-refractivity contribution in [2.75, 3.05) is 0 Å². The van der Waals surface area contributed by atoms with Crippen LogP contribution >= 0.6 is 0 Å². The number of halogens is 3. The molecule has 8 nitrogen and oxygen atoms in total. The number of alkyl halides is 3. The number of benzene rings is 2. The molecule has 0 saturated heterocycles. The van der Waals surface area contributed by atoms with Crippen molar-refractivity contribution in [3.63, 3.8) is 0 Å². The van der Waals surface area contributed by atoms with E-state index in [0.29, 0.717) is 17.0 Å². The third kappa shape index (κ3) is 4.33. The molecule has 0 amide bonds. The van der Waals surface area contributed by atoms with Crippen LogP contribution in [-0.2, 0) is 33.3 Å². The zero-order valence-corrected chi connectivity index (χ0v) is 19.1. The maximum Gasteiger partial charge on any atom is 0.433 e. The topological polar surface area (TPSA) is 79.8 Å². The van der Waals surface area contributed by atoms with E-state index in [1.54, 1.807) is 24.3 Å². The molecule has 0 fully saturated rings. The van der Waals surface area contributed by atoms with E-state index in [2.05, 4.69) is 15.5 Å². The lowest BCUT2D eigenvalue weighted by Gasteiger charge is -2.15. The average molecular weight is 472 g/mol. The molecule has 0 aliphatic heterocycles. The van der Waals surface area contributed by atoms with E-state index < -0.39 is 11.9 Å². The van der Waals surface area contributed by atoms with Gasteiger partial charge in [0.2, 0.25) is 0 Å². The molecule has 178 valence electrons. The van der Waals surface area contributed by atoms with Gasteiger partial charge >= 0.3 is 11.9 Å². The van der Waals surface area contributed by atoms with Gasteiger partial charge in [-0.15, -0.1) is 0 Å². The second kappa shape index (κ2) is 8.81. The van der Waals surface area contributed by atoms with E-state index in [4.69, 9.17) is 4.74 Å². The van der Waals surface area contributed by atoms with E-state index in [0.717, 1.165) is 38.5 Å². The average Bonchev–Trinajstić information content (AvgIpc) is 3.35. The van der Waals surface area contributed by atoms with Crippen LogP contribution in [0.2, 0.25) is 0 Å². The van der Waals surface area contributed by atoms with Crippen LogP contribution in [0.5, 0.6) is 5.75 Å². The molecule has 0 atom stereocenters. The second-order valence-corrected chi connectivity index (χ2v) is 7.87. The minimum Gasteiger partial charge on any atom is -0.489 e. The van der Waals surface area contributed by atoms with Crippen molar-refractivity contribution in [3.8, 4) is 22.7 Å². The maximum atomic E-state index is 13.1. The van der Waals surface area contributed by atoms with Crippen LogP contribution in [0.1, 0.15) is 29.3 Å². The van der Waals surface area contributed by atoms with Gasteiger partial charge in [0.05, 0.1) is 11.4 Å². The third-order valence-corrected chi connectivity index (χ3v) is 5.59. The highest BCUT2D eigenvalue weighted by molar-refractivity contribution is 5.62. The van der Waals surface area contributed by atoms with Crippen molar-refractivity contribution in [2.45, 2.75) is 33.1 Å². The molecule has 34 heavy (non-hydrogen) atoms. The normalized spacial score (nSPS) is 11.7. The number of nitrogens with zero attached hydrogens (tertiary/aromatic N) is 6. The van der Waals surface area contributed by atoms with Crippen molar-refractivity contribution < 1.29 is 17.9 Å². The van der Waals surface area contributed by atoms with Crippen molar-refractivity contribution in [2.24, 2.45) is 14.1 Å². The summed E-state index contributed by atoms with van der Waals surface area (Å²) in [6, 6.07) is 11.7. The highest BCUT2D eigenvalue weighted by Crippen LogP contribution is 2.33. The zero-order valence-electron chi connectivity index (χ0n) is 19.1. The second-order valence-electron chi connectivity index (χ2n) is 7.87. The van der Waals surface area contributed by atoms with Gasteiger partial charge in [-0.2, -0.15) is 27.6 Å². The van der Waals surface area contributed by atoms with Gasteiger partial charge in [-0.05, 0) is 65.2 Å². The lowest BCUT2D eigenvalue weighted by Crippen LogP contribution is -2.23. The van der Waals surface area contributed by atoms with Gasteiger partial charge in [0.15, 0.2) is 0 Å². The number of rotatable bonds is 6. The van der Waals surface area contributed by atoms with Crippen molar-refractivity contribution in [3.05, 3.63) is 75.3 Å². The van der Waals surface area contributed by atoms with Gasteiger partial charge in [-0.25, -0.2) is 4.79 Å². The summed E-state index contributed by atoms with van der Waals surface area (Å²) in [5.74, 6) is 0.569. The van der Waals surface area contributed by atoms with Crippen LogP contribution in [0.15, 0.2) is 47.3 Å². The quantitative estimate of drug-likeness (QED) is 0.426. The predicted molar refractivity (Wildman–Crippen MR) is 119 cm³/mol. The zero-order chi connectivity index (χ0) is 24.6. The first-order valence-electron chi connectivity index (χ1n) is 10.5. The molecule has 0 bridgehead atoms. The van der Waals surface area contributed by atoms with Crippen molar-refractivity contribution in [1.29, 1.82) is 0 Å². The van der Waals surface area contributed by atoms with Gasteiger partial charge in [-0.1, -0.05) is 19.1 Å². The Balaban J connectivity index is 1.62. The summed E-state index contributed by atoms with van der Waals surface area (Å²) in [6.45, 7) is 3.99. The van der Waals surface area contributed by atoms with Crippen LogP contribution in [-0.4, -0.2) is 29.6 Å². The molecule has 0 N–H and O–H groups in total. The molecule has 2 aromatic carbocycles. The van der Waals surface area contributed by atoms with E-state index in [1.807, 2.05) is 26.0 Å². The number of hydrogen-bond donors (Lipinski definition) is 0. The fourth-order valence-corrected chi connectivity index (χ4v) is 3.78. The molecule has 0 saturated carbocycles. The highest BCUT2D eigenvalue weighted by Gasteiger charge is 2.35. The smallest absolute Gasteiger partial charge is 0.433 e. The summed E-state index contributed by atoms with van der Waals surface area (Å²) in [5, 5.41) is 11.7. The van der Waals surface area contributed by atoms with Gasteiger partial charge in [0, 0.05) is 25.2 Å². The van der Waals surface area contributed by atoms with Crippen LogP contribution in [0.25, 0.3) is 16.9 Å². The Morgan fingerprint density at radius 3 is 2.38 bits per heavy atom. The van der Waals surface area contributed by atoms with Gasteiger partial charge in [-0.3, -0.25) is 4.68 Å². The highest BCUT2D eigenvalue weighted by atomic mass is 19.4. The SMILES string of the molecule is CCc1cccc(-n2nnn(C)c2=O)c1COc1ccc(-c2cc(C(F)(F)F)n(C)n2)cc1C. The molecule has 2 heterocycles. The maximum absolute atomic E-state index is 13.1. The molecule has 0 spiro atoms. The standard InChI is InChI=1S/C23H23F3N6O2/c1-5-15-7-6-8-19(32-22(33)31(4)28-29-32)17(15)13-34-20-10-9-16(11-14(20)2)18-12-21(23(24,25)26)30(3)27-18/h6-12H,5,13H2,1-4H3. The number of aromatic nitrogens is 6. The van der Waals surface area contributed by atoms with Crippen LogP contribution in [0.3, 0.4) is 0 Å². The molecule has 0 radical (unpaired) electrons. The van der Waals surface area contributed by atoms with Crippen molar-refractivity contribution >= 4 is 0 Å². The number of aryl methyl sites for hydroxylation is 4. The monoisotopic (exact) mass is 472 g/mol. The Bertz CT molecular complexity index is 1400. The first kappa shape index (κ1) is 23.3. The first-order valence-corrected chi connectivity index (χ1v) is 10.5. The van der Waals surface area contributed by atoms with Crippen LogP contribution in [0, 0.1) is 6.92 Å².